The number of piperazine rings is 1. The van der Waals surface area contributed by atoms with Crippen LogP contribution in [0.25, 0.3) is 11.8 Å². The second-order valence-electron chi connectivity index (χ2n) is 8.52. The minimum Gasteiger partial charge on any atom is -0.342 e. The fourth-order valence-electron chi connectivity index (χ4n) is 4.58. The zero-order valence-corrected chi connectivity index (χ0v) is 18.6. The van der Waals surface area contributed by atoms with Crippen molar-refractivity contribution in [2.24, 2.45) is 0 Å². The molecule has 6 heteroatoms. The van der Waals surface area contributed by atoms with Gasteiger partial charge in [0, 0.05) is 62.4 Å². The summed E-state index contributed by atoms with van der Waals surface area (Å²) >= 11 is 0. The number of carbonyl (C=O) groups is 2. The van der Waals surface area contributed by atoms with Gasteiger partial charge in [0.15, 0.2) is 0 Å². The van der Waals surface area contributed by atoms with E-state index in [1.54, 1.807) is 6.08 Å². The van der Waals surface area contributed by atoms with Crippen molar-refractivity contribution in [3.8, 4) is 5.69 Å². The van der Waals surface area contributed by atoms with Gasteiger partial charge >= 0.3 is 0 Å². The predicted octanol–water partition coefficient (Wildman–Crippen LogP) is 2.87. The molecule has 4 rings (SSSR count). The molecule has 0 bridgehead atoms. The van der Waals surface area contributed by atoms with Crippen LogP contribution < -0.4 is 0 Å². The number of likely N-dealkylation sites (tertiary alicyclic amines) is 1. The standard InChI is InChI=1S/C25H32N4O2/c1-20-18-22(21(2)29(20)23-8-4-3-5-9-23)10-11-24(30)28-16-14-26(15-17-28)19-25(31)27-12-6-7-13-27/h3-5,8-11,18H,6-7,12-17,19H2,1-2H3/b11-10+. The molecule has 1 aromatic carbocycles. The molecule has 2 amide bonds. The van der Waals surface area contributed by atoms with Crippen molar-refractivity contribution in [2.75, 3.05) is 45.8 Å². The topological polar surface area (TPSA) is 48.8 Å². The Hall–Kier alpha value is -2.86. The molecule has 2 saturated heterocycles. The number of hydrogen-bond acceptors (Lipinski definition) is 3. The first-order valence-electron chi connectivity index (χ1n) is 11.2. The third-order valence-electron chi connectivity index (χ3n) is 6.39. The van der Waals surface area contributed by atoms with E-state index in [0.717, 1.165) is 61.7 Å². The predicted molar refractivity (Wildman–Crippen MR) is 123 cm³/mol. The monoisotopic (exact) mass is 420 g/mol. The van der Waals surface area contributed by atoms with Gasteiger partial charge in [-0.15, -0.1) is 0 Å². The number of carbonyl (C=O) groups excluding carboxylic acids is 2. The van der Waals surface area contributed by atoms with E-state index in [2.05, 4.69) is 41.5 Å². The van der Waals surface area contributed by atoms with Gasteiger partial charge in [0.1, 0.15) is 0 Å². The Morgan fingerprint density at radius 1 is 0.903 bits per heavy atom. The second kappa shape index (κ2) is 9.52. The maximum absolute atomic E-state index is 12.7. The van der Waals surface area contributed by atoms with E-state index in [1.807, 2.05) is 34.1 Å². The smallest absolute Gasteiger partial charge is 0.246 e. The molecule has 0 N–H and O–H groups in total. The van der Waals surface area contributed by atoms with E-state index in [1.165, 1.54) is 0 Å². The third-order valence-corrected chi connectivity index (χ3v) is 6.39. The highest BCUT2D eigenvalue weighted by Gasteiger charge is 2.24. The van der Waals surface area contributed by atoms with Crippen LogP contribution in [-0.4, -0.2) is 76.9 Å². The Labute approximate surface area is 184 Å². The van der Waals surface area contributed by atoms with Crippen LogP contribution in [0.2, 0.25) is 0 Å². The first kappa shape index (κ1) is 21.4. The van der Waals surface area contributed by atoms with E-state index in [-0.39, 0.29) is 11.8 Å². The molecule has 31 heavy (non-hydrogen) atoms. The van der Waals surface area contributed by atoms with Crippen LogP contribution in [0.5, 0.6) is 0 Å². The van der Waals surface area contributed by atoms with Gasteiger partial charge in [0.2, 0.25) is 11.8 Å². The lowest BCUT2D eigenvalue weighted by molar-refractivity contribution is -0.132. The number of aryl methyl sites for hydroxylation is 1. The van der Waals surface area contributed by atoms with Crippen LogP contribution in [-0.2, 0) is 9.59 Å². The molecule has 0 atom stereocenters. The summed E-state index contributed by atoms with van der Waals surface area (Å²) in [6.07, 6.45) is 5.84. The van der Waals surface area contributed by atoms with Crippen molar-refractivity contribution in [2.45, 2.75) is 26.7 Å². The van der Waals surface area contributed by atoms with Gasteiger partial charge in [-0.25, -0.2) is 0 Å². The molecule has 2 fully saturated rings. The summed E-state index contributed by atoms with van der Waals surface area (Å²) in [5.41, 5.74) is 4.46. The molecular weight excluding hydrogens is 388 g/mol. The van der Waals surface area contributed by atoms with Gasteiger partial charge in [0.05, 0.1) is 6.54 Å². The molecule has 0 saturated carbocycles. The Bertz CT molecular complexity index is 949. The molecule has 3 heterocycles. The minimum absolute atomic E-state index is 0.0371. The molecule has 164 valence electrons. The number of benzene rings is 1. The largest absolute Gasteiger partial charge is 0.342 e. The highest BCUT2D eigenvalue weighted by molar-refractivity contribution is 5.92. The second-order valence-corrected chi connectivity index (χ2v) is 8.52. The van der Waals surface area contributed by atoms with Gasteiger partial charge in [-0.05, 0) is 56.5 Å². The zero-order valence-electron chi connectivity index (χ0n) is 18.6. The van der Waals surface area contributed by atoms with Crippen LogP contribution in [0.1, 0.15) is 29.8 Å². The molecule has 2 aliphatic rings. The first-order chi connectivity index (χ1) is 15.0. The van der Waals surface area contributed by atoms with E-state index in [9.17, 15) is 9.59 Å². The van der Waals surface area contributed by atoms with Crippen molar-refractivity contribution < 1.29 is 9.59 Å². The Balaban J connectivity index is 1.33. The number of hydrogen-bond donors (Lipinski definition) is 0. The summed E-state index contributed by atoms with van der Waals surface area (Å²) in [5.74, 6) is 0.265. The highest BCUT2D eigenvalue weighted by Crippen LogP contribution is 2.22. The summed E-state index contributed by atoms with van der Waals surface area (Å²) in [6, 6.07) is 12.4. The molecular formula is C25H32N4O2. The summed E-state index contributed by atoms with van der Waals surface area (Å²) in [7, 11) is 0. The van der Waals surface area contributed by atoms with Crippen LogP contribution in [0, 0.1) is 13.8 Å². The SMILES string of the molecule is Cc1cc(/C=C/C(=O)N2CCN(CC(=O)N3CCCC3)CC2)c(C)n1-c1ccccc1. The van der Waals surface area contributed by atoms with E-state index in [4.69, 9.17) is 0 Å². The van der Waals surface area contributed by atoms with Gasteiger partial charge in [-0.2, -0.15) is 0 Å². The Morgan fingerprint density at radius 3 is 2.26 bits per heavy atom. The van der Waals surface area contributed by atoms with Gasteiger partial charge in [-0.3, -0.25) is 14.5 Å². The maximum Gasteiger partial charge on any atom is 0.246 e. The lowest BCUT2D eigenvalue weighted by Gasteiger charge is -2.34. The van der Waals surface area contributed by atoms with Crippen LogP contribution in [0.15, 0.2) is 42.5 Å². The first-order valence-corrected chi connectivity index (χ1v) is 11.2. The highest BCUT2D eigenvalue weighted by atomic mass is 16.2. The normalized spacial score (nSPS) is 17.6. The third kappa shape index (κ3) is 4.90. The maximum atomic E-state index is 12.7. The molecule has 0 spiro atoms. The summed E-state index contributed by atoms with van der Waals surface area (Å²) in [4.78, 5) is 31.1. The van der Waals surface area contributed by atoms with Crippen LogP contribution in [0.4, 0.5) is 0 Å². The Kier molecular flexibility index (Phi) is 6.56. The number of aromatic nitrogens is 1. The Morgan fingerprint density at radius 2 is 1.58 bits per heavy atom. The van der Waals surface area contributed by atoms with Gasteiger partial charge in [0.25, 0.3) is 0 Å². The van der Waals surface area contributed by atoms with Crippen molar-refractivity contribution >= 4 is 17.9 Å². The molecule has 0 radical (unpaired) electrons. The molecule has 2 aromatic rings. The number of rotatable bonds is 5. The van der Waals surface area contributed by atoms with E-state index in [0.29, 0.717) is 19.6 Å². The molecule has 6 nitrogen and oxygen atoms in total. The fraction of sp³-hybridized carbons (Fsp3) is 0.440. The van der Waals surface area contributed by atoms with Crippen molar-refractivity contribution in [1.82, 2.24) is 19.3 Å². The van der Waals surface area contributed by atoms with Crippen molar-refractivity contribution in [3.05, 3.63) is 59.4 Å². The van der Waals surface area contributed by atoms with E-state index < -0.39 is 0 Å². The zero-order chi connectivity index (χ0) is 21.8. The van der Waals surface area contributed by atoms with E-state index >= 15 is 0 Å². The lowest BCUT2D eigenvalue weighted by Crippen LogP contribution is -2.51. The molecule has 2 aliphatic heterocycles. The summed E-state index contributed by atoms with van der Waals surface area (Å²) in [6.45, 7) is 9.27. The van der Waals surface area contributed by atoms with Crippen LogP contribution in [0.3, 0.4) is 0 Å². The quantitative estimate of drug-likeness (QED) is 0.699. The average molecular weight is 421 g/mol. The average Bonchev–Trinajstić information content (AvgIpc) is 3.41. The fourth-order valence-corrected chi connectivity index (χ4v) is 4.58. The number of amides is 2. The molecule has 0 aliphatic carbocycles. The lowest BCUT2D eigenvalue weighted by atomic mass is 10.2. The number of nitrogens with zero attached hydrogens (tertiary/aromatic N) is 4. The minimum atomic E-state index is 0.0371. The molecule has 1 aromatic heterocycles. The van der Waals surface area contributed by atoms with Gasteiger partial charge in [-0.1, -0.05) is 18.2 Å². The summed E-state index contributed by atoms with van der Waals surface area (Å²) in [5, 5.41) is 0. The van der Waals surface area contributed by atoms with Crippen molar-refractivity contribution in [3.63, 3.8) is 0 Å². The summed E-state index contributed by atoms with van der Waals surface area (Å²) < 4.78 is 2.21. The van der Waals surface area contributed by atoms with Crippen LogP contribution >= 0.6 is 0 Å². The van der Waals surface area contributed by atoms with Crippen molar-refractivity contribution in [1.29, 1.82) is 0 Å². The molecule has 0 unspecified atom stereocenters. The van der Waals surface area contributed by atoms with Gasteiger partial charge < -0.3 is 14.4 Å². The number of para-hydroxylation sites is 1.